The Morgan fingerprint density at radius 2 is 1.13 bits per heavy atom. The van der Waals surface area contributed by atoms with Crippen LogP contribution in [0.4, 0.5) is 13.2 Å². The number of rotatable bonds is 2. The van der Waals surface area contributed by atoms with E-state index in [2.05, 4.69) is 103 Å². The van der Waals surface area contributed by atoms with E-state index >= 15 is 0 Å². The van der Waals surface area contributed by atoms with Gasteiger partial charge < -0.3 is 19.7 Å². The van der Waals surface area contributed by atoms with Crippen molar-refractivity contribution in [1.82, 2.24) is 0 Å². The van der Waals surface area contributed by atoms with E-state index in [1.165, 1.54) is 16.7 Å². The van der Waals surface area contributed by atoms with Gasteiger partial charge in [0.1, 0.15) is 25.0 Å². The monoisotopic (exact) mass is 727 g/mol. The molecule has 6 nitrogen and oxygen atoms in total. The number of benzene rings is 2. The van der Waals surface area contributed by atoms with Gasteiger partial charge in [-0.15, -0.1) is 23.3 Å². The third-order valence-corrected chi connectivity index (χ3v) is 5.41. The summed E-state index contributed by atoms with van der Waals surface area (Å²) in [6.45, 7) is 19.8. The Morgan fingerprint density at radius 3 is 1.38 bits per heavy atom. The van der Waals surface area contributed by atoms with Crippen molar-refractivity contribution in [3.05, 3.63) is 69.3 Å². The fourth-order valence-electron chi connectivity index (χ4n) is 3.77. The molecule has 0 amide bonds. The van der Waals surface area contributed by atoms with Crippen LogP contribution in [0.15, 0.2) is 28.2 Å². The van der Waals surface area contributed by atoms with Gasteiger partial charge in [-0.1, -0.05) is 45.7 Å². The number of aliphatic hydroxyl groups is 2. The SMILES string of the molecule is Cc1[c-]c(C)cc(C)c1.Cc1cc(C)c(C2=NC(C)(C)CO2)[c-]c1C1=NC(C)(C)CO1.OC(O)C(F)(F)F.[Ir]. The van der Waals surface area contributed by atoms with Gasteiger partial charge in [-0.3, -0.25) is 9.98 Å². The molecular weight excluding hydrogens is 690 g/mol. The number of aliphatic imine (C=N–C) groups is 2. The normalized spacial score (nSPS) is 16.9. The molecule has 0 bridgehead atoms. The molecule has 2 aromatic carbocycles. The average Bonchev–Trinajstić information content (AvgIpc) is 3.28. The number of halogens is 3. The quantitative estimate of drug-likeness (QED) is 0.317. The fourth-order valence-corrected chi connectivity index (χ4v) is 3.77. The van der Waals surface area contributed by atoms with Crippen LogP contribution in [0.1, 0.15) is 66.6 Å². The second kappa shape index (κ2) is 13.4. The summed E-state index contributed by atoms with van der Waals surface area (Å²) in [6, 6.07) is 13.0. The summed E-state index contributed by atoms with van der Waals surface area (Å²) in [5, 5.41) is 14.6. The van der Waals surface area contributed by atoms with Crippen LogP contribution in [-0.2, 0) is 29.6 Å². The van der Waals surface area contributed by atoms with Gasteiger partial charge in [0, 0.05) is 20.1 Å². The van der Waals surface area contributed by atoms with Gasteiger partial charge in [-0.25, -0.2) is 0 Å². The molecule has 2 aliphatic heterocycles. The van der Waals surface area contributed by atoms with E-state index in [0.717, 1.165) is 22.3 Å². The van der Waals surface area contributed by atoms with Crippen molar-refractivity contribution in [3.63, 3.8) is 0 Å². The van der Waals surface area contributed by atoms with Crippen LogP contribution < -0.4 is 0 Å². The zero-order valence-corrected chi connectivity index (χ0v) is 26.2. The molecule has 2 N–H and O–H groups in total. The first-order valence-electron chi connectivity index (χ1n) is 12.2. The Bertz CT molecular complexity index is 1100. The summed E-state index contributed by atoms with van der Waals surface area (Å²) in [6.07, 6.45) is -8.09. The van der Waals surface area contributed by atoms with Crippen molar-refractivity contribution in [1.29, 1.82) is 0 Å². The Labute approximate surface area is 242 Å². The number of aryl methyl sites for hydroxylation is 5. The van der Waals surface area contributed by atoms with E-state index < -0.39 is 12.5 Å². The molecule has 0 unspecified atom stereocenters. The second-order valence-corrected chi connectivity index (χ2v) is 10.9. The van der Waals surface area contributed by atoms with E-state index in [9.17, 15) is 13.2 Å². The number of hydrogen-bond acceptors (Lipinski definition) is 6. The van der Waals surface area contributed by atoms with Gasteiger partial charge in [0.2, 0.25) is 0 Å². The summed E-state index contributed by atoms with van der Waals surface area (Å²) in [7, 11) is 0. The molecule has 0 saturated carbocycles. The topological polar surface area (TPSA) is 83.6 Å². The van der Waals surface area contributed by atoms with Crippen molar-refractivity contribution >= 4 is 11.8 Å². The van der Waals surface area contributed by atoms with Crippen LogP contribution >= 0.6 is 0 Å². The number of aliphatic hydroxyl groups excluding tert-OH is 1. The minimum Gasteiger partial charge on any atom is -0.509 e. The Morgan fingerprint density at radius 1 is 0.769 bits per heavy atom. The maximum atomic E-state index is 10.7. The molecule has 0 aromatic heterocycles. The minimum atomic E-state index is -4.89. The molecule has 2 heterocycles. The standard InChI is InChI=1S/C18H23N2O2.C9H11.C2H3F3O2.Ir/c1-11-7-12(2)14(16-20-18(5,6)10-22-16)8-13(11)15-19-17(3,4)9-21-15;1-7-4-8(2)6-9(3)5-7;3-2(4,5)1(6)7;/h7H,9-10H2,1-6H3;4-5H,1-3H3;1,6-7H;/q2*-1;;. The molecule has 10 heteroatoms. The number of alkyl halides is 3. The maximum absolute atomic E-state index is 10.7. The average molecular weight is 727 g/mol. The van der Waals surface area contributed by atoms with Crippen LogP contribution in [-0.4, -0.2) is 58.8 Å². The van der Waals surface area contributed by atoms with Gasteiger partial charge in [-0.05, 0) is 27.7 Å². The van der Waals surface area contributed by atoms with Gasteiger partial charge >= 0.3 is 6.18 Å². The summed E-state index contributed by atoms with van der Waals surface area (Å²) >= 11 is 0. The van der Waals surface area contributed by atoms with Crippen molar-refractivity contribution in [3.8, 4) is 0 Å². The first kappa shape index (κ1) is 34.8. The van der Waals surface area contributed by atoms with E-state index in [1.54, 1.807) is 0 Å². The zero-order chi connectivity index (χ0) is 29.1. The van der Waals surface area contributed by atoms with Crippen molar-refractivity contribution in [2.24, 2.45) is 9.98 Å². The van der Waals surface area contributed by atoms with Gasteiger partial charge in [0.25, 0.3) is 6.29 Å². The Kier molecular flexibility index (Phi) is 11.9. The molecule has 0 atom stereocenters. The Balaban J connectivity index is 0.000000370. The third kappa shape index (κ3) is 10.7. The van der Waals surface area contributed by atoms with Crippen LogP contribution in [0.3, 0.4) is 0 Å². The molecule has 0 saturated heterocycles. The van der Waals surface area contributed by atoms with Crippen LogP contribution in [0.5, 0.6) is 0 Å². The largest absolute Gasteiger partial charge is 0.509 e. The van der Waals surface area contributed by atoms with E-state index in [-0.39, 0.29) is 31.2 Å². The molecule has 2 aliphatic rings. The molecule has 2 aromatic rings. The van der Waals surface area contributed by atoms with Crippen LogP contribution in [0.25, 0.3) is 0 Å². The van der Waals surface area contributed by atoms with Gasteiger partial charge in [-0.2, -0.15) is 48.1 Å². The van der Waals surface area contributed by atoms with Crippen LogP contribution in [0.2, 0.25) is 0 Å². The zero-order valence-electron chi connectivity index (χ0n) is 23.8. The van der Waals surface area contributed by atoms with Gasteiger partial charge in [0.15, 0.2) is 0 Å². The third-order valence-electron chi connectivity index (χ3n) is 5.41. The molecular formula is C29H37F3IrN2O4-2. The summed E-state index contributed by atoms with van der Waals surface area (Å²) in [5.41, 5.74) is 7.45. The van der Waals surface area contributed by atoms with Crippen molar-refractivity contribution in [2.45, 2.75) is 85.9 Å². The smallest absolute Gasteiger partial charge is 0.439 e. The van der Waals surface area contributed by atoms with Gasteiger partial charge in [0.05, 0.1) is 11.1 Å². The molecule has 0 aliphatic carbocycles. The van der Waals surface area contributed by atoms with E-state index in [1.807, 2.05) is 0 Å². The number of nitrogens with zero attached hydrogens (tertiary/aromatic N) is 2. The summed E-state index contributed by atoms with van der Waals surface area (Å²) in [4.78, 5) is 9.32. The molecule has 1 radical (unpaired) electrons. The molecule has 39 heavy (non-hydrogen) atoms. The molecule has 219 valence electrons. The first-order chi connectivity index (χ1) is 17.3. The van der Waals surface area contributed by atoms with Crippen molar-refractivity contribution < 1.29 is 53.0 Å². The number of ether oxygens (including phenoxy) is 2. The molecule has 0 spiro atoms. The van der Waals surface area contributed by atoms with E-state index in [4.69, 9.17) is 19.7 Å². The summed E-state index contributed by atoms with van der Waals surface area (Å²) in [5.74, 6) is 1.34. The minimum absolute atomic E-state index is 0. The second-order valence-electron chi connectivity index (χ2n) is 10.9. The van der Waals surface area contributed by atoms with Crippen LogP contribution in [0, 0.1) is 46.8 Å². The van der Waals surface area contributed by atoms with Crippen molar-refractivity contribution in [2.75, 3.05) is 13.2 Å². The molecule has 4 rings (SSSR count). The number of hydrogen-bond donors (Lipinski definition) is 2. The maximum Gasteiger partial charge on any atom is 0.439 e. The Hall–Kier alpha value is -2.26. The van der Waals surface area contributed by atoms with E-state index in [0.29, 0.717) is 25.0 Å². The summed E-state index contributed by atoms with van der Waals surface area (Å²) < 4.78 is 43.6. The molecule has 0 fully saturated rings. The predicted molar refractivity (Wildman–Crippen MR) is 142 cm³/mol. The fraction of sp³-hybridized carbons (Fsp3) is 0.517. The predicted octanol–water partition coefficient (Wildman–Crippen LogP) is 5.48. The first-order valence-corrected chi connectivity index (χ1v) is 12.2.